The van der Waals surface area contributed by atoms with E-state index in [1.54, 1.807) is 23.2 Å². The molecule has 0 aliphatic carbocycles. The number of aromatic nitrogens is 2. The number of anilines is 1. The van der Waals surface area contributed by atoms with E-state index in [9.17, 15) is 9.18 Å². The predicted octanol–water partition coefficient (Wildman–Crippen LogP) is 2.16. The number of nitrogens with one attached hydrogen (secondary N) is 1. The molecule has 0 spiro atoms. The van der Waals surface area contributed by atoms with Crippen LogP contribution in [0.1, 0.15) is 10.5 Å². The van der Waals surface area contributed by atoms with Gasteiger partial charge in [0.2, 0.25) is 0 Å². The highest BCUT2D eigenvalue weighted by Crippen LogP contribution is 2.27. The number of amides is 1. The summed E-state index contributed by atoms with van der Waals surface area (Å²) in [5.74, 6) is -0.408. The maximum Gasteiger partial charge on any atom is 0.271 e. The van der Waals surface area contributed by atoms with Gasteiger partial charge in [-0.15, -0.1) is 0 Å². The molecule has 0 bridgehead atoms. The Morgan fingerprint density at radius 2 is 2.00 bits per heavy atom. The number of hydrogen-bond acceptors (Lipinski definition) is 3. The van der Waals surface area contributed by atoms with Crippen LogP contribution < -0.4 is 4.90 Å². The van der Waals surface area contributed by atoms with Gasteiger partial charge in [-0.05, 0) is 24.3 Å². The molecule has 1 aliphatic heterocycles. The number of piperazine rings is 1. The minimum atomic E-state index is -0.350. The molecule has 1 aromatic carbocycles. The van der Waals surface area contributed by atoms with Crippen molar-refractivity contribution < 1.29 is 9.18 Å². The average Bonchev–Trinajstić information content (AvgIpc) is 3.01. The van der Waals surface area contributed by atoms with Crippen molar-refractivity contribution in [3.8, 4) is 0 Å². The number of benzene rings is 1. The maximum absolute atomic E-state index is 13.1. The molecule has 2 aromatic rings. The fourth-order valence-corrected chi connectivity index (χ4v) is 2.72. The molecule has 0 atom stereocenters. The number of hydrogen-bond donors (Lipinski definition) is 1. The molecule has 110 valence electrons. The van der Waals surface area contributed by atoms with Gasteiger partial charge in [0.25, 0.3) is 5.91 Å². The number of carbonyl (C=O) groups is 1. The maximum atomic E-state index is 13.1. The lowest BCUT2D eigenvalue weighted by atomic mass is 10.2. The summed E-state index contributed by atoms with van der Waals surface area (Å²) in [5.41, 5.74) is 1.29. The summed E-state index contributed by atoms with van der Waals surface area (Å²) in [6, 6.07) is 6.03. The van der Waals surface area contributed by atoms with Gasteiger partial charge in [-0.1, -0.05) is 11.6 Å². The molecule has 1 aliphatic rings. The van der Waals surface area contributed by atoms with E-state index in [1.807, 2.05) is 0 Å². The van der Waals surface area contributed by atoms with Crippen molar-refractivity contribution in [2.24, 2.45) is 0 Å². The van der Waals surface area contributed by atoms with Crippen LogP contribution in [0.5, 0.6) is 0 Å². The van der Waals surface area contributed by atoms with Crippen molar-refractivity contribution in [2.45, 2.75) is 0 Å². The van der Waals surface area contributed by atoms with Crippen LogP contribution in [0, 0.1) is 5.82 Å². The fraction of sp³-hybridized carbons (Fsp3) is 0.286. The number of H-pyrrole nitrogens is 1. The highest BCUT2D eigenvalue weighted by Gasteiger charge is 2.23. The molecule has 7 heteroatoms. The molecule has 1 aromatic heterocycles. The van der Waals surface area contributed by atoms with Gasteiger partial charge in [0.1, 0.15) is 11.5 Å². The summed E-state index contributed by atoms with van der Waals surface area (Å²) < 4.78 is 13.1. The predicted molar refractivity (Wildman–Crippen MR) is 78.1 cm³/mol. The normalized spacial score (nSPS) is 15.3. The third-order valence-electron chi connectivity index (χ3n) is 3.55. The Bertz CT molecular complexity index is 638. The van der Waals surface area contributed by atoms with E-state index < -0.39 is 0 Å². The fourth-order valence-electron chi connectivity index (χ4n) is 2.43. The van der Waals surface area contributed by atoms with Crippen LogP contribution in [0.25, 0.3) is 0 Å². The SMILES string of the molecule is O=C(c1ccn[nH]1)N1CCN(c2ccc(F)cc2Cl)CC1. The summed E-state index contributed by atoms with van der Waals surface area (Å²) >= 11 is 6.07. The summed E-state index contributed by atoms with van der Waals surface area (Å²) in [5, 5.41) is 6.85. The first-order valence-electron chi connectivity index (χ1n) is 6.64. The molecule has 1 fully saturated rings. The van der Waals surface area contributed by atoms with Crippen molar-refractivity contribution in [1.82, 2.24) is 15.1 Å². The van der Waals surface area contributed by atoms with E-state index in [1.165, 1.54) is 12.1 Å². The summed E-state index contributed by atoms with van der Waals surface area (Å²) in [6.07, 6.45) is 1.56. The quantitative estimate of drug-likeness (QED) is 0.925. The van der Waals surface area contributed by atoms with Crippen molar-refractivity contribution in [3.05, 3.63) is 47.0 Å². The molecule has 0 saturated carbocycles. The van der Waals surface area contributed by atoms with E-state index in [0.29, 0.717) is 36.9 Å². The lowest BCUT2D eigenvalue weighted by Gasteiger charge is -2.36. The topological polar surface area (TPSA) is 52.2 Å². The van der Waals surface area contributed by atoms with Crippen molar-refractivity contribution in [1.29, 1.82) is 0 Å². The second-order valence-electron chi connectivity index (χ2n) is 4.85. The highest BCUT2D eigenvalue weighted by molar-refractivity contribution is 6.33. The van der Waals surface area contributed by atoms with Crippen LogP contribution in [0.15, 0.2) is 30.5 Å². The van der Waals surface area contributed by atoms with Crippen LogP contribution in [0.3, 0.4) is 0 Å². The van der Waals surface area contributed by atoms with Gasteiger partial charge < -0.3 is 9.80 Å². The van der Waals surface area contributed by atoms with Crippen LogP contribution in [0.2, 0.25) is 5.02 Å². The molecule has 2 heterocycles. The first-order chi connectivity index (χ1) is 10.1. The van der Waals surface area contributed by atoms with E-state index in [4.69, 9.17) is 11.6 Å². The summed E-state index contributed by atoms with van der Waals surface area (Å²) in [7, 11) is 0. The third-order valence-corrected chi connectivity index (χ3v) is 3.85. The smallest absolute Gasteiger partial charge is 0.271 e. The average molecular weight is 309 g/mol. The molecule has 3 rings (SSSR count). The second kappa shape index (κ2) is 5.73. The Balaban J connectivity index is 1.66. The number of aromatic amines is 1. The zero-order valence-corrected chi connectivity index (χ0v) is 12.0. The third kappa shape index (κ3) is 2.85. The lowest BCUT2D eigenvalue weighted by Crippen LogP contribution is -2.49. The second-order valence-corrected chi connectivity index (χ2v) is 5.25. The molecule has 0 radical (unpaired) electrons. The Kier molecular flexibility index (Phi) is 3.79. The zero-order chi connectivity index (χ0) is 14.8. The van der Waals surface area contributed by atoms with Crippen molar-refractivity contribution in [2.75, 3.05) is 31.1 Å². The molecule has 21 heavy (non-hydrogen) atoms. The monoisotopic (exact) mass is 308 g/mol. The van der Waals surface area contributed by atoms with Gasteiger partial charge in [0.05, 0.1) is 10.7 Å². The Morgan fingerprint density at radius 1 is 1.24 bits per heavy atom. The Morgan fingerprint density at radius 3 is 2.62 bits per heavy atom. The van der Waals surface area contributed by atoms with Crippen molar-refractivity contribution in [3.63, 3.8) is 0 Å². The molecule has 1 saturated heterocycles. The molecule has 0 unspecified atom stereocenters. The Hall–Kier alpha value is -2.08. The molecule has 1 N–H and O–H groups in total. The molecular formula is C14H14ClFN4O. The number of rotatable bonds is 2. The zero-order valence-electron chi connectivity index (χ0n) is 11.2. The minimum Gasteiger partial charge on any atom is -0.367 e. The van der Waals surface area contributed by atoms with E-state index in [0.717, 1.165) is 5.69 Å². The Labute approximate surface area is 126 Å². The van der Waals surface area contributed by atoms with E-state index in [-0.39, 0.29) is 11.7 Å². The largest absolute Gasteiger partial charge is 0.367 e. The molecule has 1 amide bonds. The van der Waals surface area contributed by atoms with Gasteiger partial charge in [0.15, 0.2) is 0 Å². The van der Waals surface area contributed by atoms with Crippen molar-refractivity contribution >= 4 is 23.2 Å². The molecule has 5 nitrogen and oxygen atoms in total. The summed E-state index contributed by atoms with van der Waals surface area (Å²) in [4.78, 5) is 16.0. The van der Waals surface area contributed by atoms with Gasteiger partial charge in [-0.3, -0.25) is 9.89 Å². The lowest BCUT2D eigenvalue weighted by molar-refractivity contribution is 0.0741. The van der Waals surface area contributed by atoms with Gasteiger partial charge in [0, 0.05) is 32.4 Å². The van der Waals surface area contributed by atoms with Crippen LogP contribution in [0.4, 0.5) is 10.1 Å². The summed E-state index contributed by atoms with van der Waals surface area (Å²) in [6.45, 7) is 2.49. The van der Waals surface area contributed by atoms with Gasteiger partial charge in [-0.25, -0.2) is 4.39 Å². The molecular weight excluding hydrogens is 295 g/mol. The highest BCUT2D eigenvalue weighted by atomic mass is 35.5. The first-order valence-corrected chi connectivity index (χ1v) is 7.01. The minimum absolute atomic E-state index is 0.0580. The number of halogens is 2. The number of nitrogens with zero attached hydrogens (tertiary/aromatic N) is 3. The van der Waals surface area contributed by atoms with Crippen LogP contribution in [-0.4, -0.2) is 47.2 Å². The number of carbonyl (C=O) groups excluding carboxylic acids is 1. The van der Waals surface area contributed by atoms with Crippen LogP contribution >= 0.6 is 11.6 Å². The van der Waals surface area contributed by atoms with E-state index >= 15 is 0 Å². The van der Waals surface area contributed by atoms with E-state index in [2.05, 4.69) is 15.1 Å². The first kappa shape index (κ1) is 13.9. The standard InChI is InChI=1S/C14H14ClFN4O/c15-11-9-10(16)1-2-13(11)19-5-7-20(8-6-19)14(21)12-3-4-17-18-12/h1-4,9H,5-8H2,(H,17,18). The van der Waals surface area contributed by atoms with Gasteiger partial charge >= 0.3 is 0 Å². The van der Waals surface area contributed by atoms with Gasteiger partial charge in [-0.2, -0.15) is 5.10 Å². The van der Waals surface area contributed by atoms with Crippen LogP contribution in [-0.2, 0) is 0 Å².